The van der Waals surface area contributed by atoms with Crippen LogP contribution in [0.1, 0.15) is 18.9 Å². The van der Waals surface area contributed by atoms with Gasteiger partial charge in [0, 0.05) is 12.6 Å². The van der Waals surface area contributed by atoms with Gasteiger partial charge < -0.3 is 25.3 Å². The maximum Gasteiger partial charge on any atom is 0.224 e. The average Bonchev–Trinajstić information content (AvgIpc) is 2.45. The van der Waals surface area contributed by atoms with Crippen molar-refractivity contribution in [3.8, 4) is 17.2 Å². The average molecular weight is 296 g/mol. The quantitative estimate of drug-likeness (QED) is 0.751. The van der Waals surface area contributed by atoms with Gasteiger partial charge in [-0.1, -0.05) is 0 Å². The molecule has 1 amide bonds. The molecule has 0 aliphatic carbocycles. The minimum absolute atomic E-state index is 0.0649. The normalized spacial score (nSPS) is 11.7. The summed E-state index contributed by atoms with van der Waals surface area (Å²) in [7, 11) is 4.63. The smallest absolute Gasteiger partial charge is 0.224 e. The van der Waals surface area contributed by atoms with Gasteiger partial charge in [0.1, 0.15) is 0 Å². The lowest BCUT2D eigenvalue weighted by Gasteiger charge is -2.14. The molecule has 1 atom stereocenters. The number of benzene rings is 1. The molecule has 1 aromatic carbocycles. The molecule has 0 aliphatic rings. The first-order chi connectivity index (χ1) is 10.0. The molecule has 118 valence electrons. The van der Waals surface area contributed by atoms with Crippen LogP contribution < -0.4 is 25.3 Å². The van der Waals surface area contributed by atoms with Crippen molar-refractivity contribution in [1.29, 1.82) is 0 Å². The number of carbonyl (C=O) groups is 1. The highest BCUT2D eigenvalue weighted by atomic mass is 16.5. The second-order valence-corrected chi connectivity index (χ2v) is 4.83. The zero-order valence-corrected chi connectivity index (χ0v) is 13.1. The van der Waals surface area contributed by atoms with E-state index in [4.69, 9.17) is 19.9 Å². The second kappa shape index (κ2) is 8.36. The highest BCUT2D eigenvalue weighted by Gasteiger charge is 2.14. The van der Waals surface area contributed by atoms with Crippen LogP contribution in [0.5, 0.6) is 17.2 Å². The number of rotatable bonds is 8. The molecule has 6 nitrogen and oxygen atoms in total. The molecule has 0 radical (unpaired) electrons. The summed E-state index contributed by atoms with van der Waals surface area (Å²) in [6.45, 7) is 2.48. The summed E-state index contributed by atoms with van der Waals surface area (Å²) in [5, 5.41) is 2.83. The zero-order valence-electron chi connectivity index (χ0n) is 13.1. The van der Waals surface area contributed by atoms with Crippen LogP contribution in [-0.2, 0) is 11.2 Å². The maximum absolute atomic E-state index is 11.9. The molecule has 0 bridgehead atoms. The van der Waals surface area contributed by atoms with Crippen LogP contribution in [0, 0.1) is 0 Å². The molecule has 0 fully saturated rings. The fourth-order valence-electron chi connectivity index (χ4n) is 1.92. The van der Waals surface area contributed by atoms with E-state index in [9.17, 15) is 4.79 Å². The van der Waals surface area contributed by atoms with Gasteiger partial charge in [-0.3, -0.25) is 4.79 Å². The van der Waals surface area contributed by atoms with Crippen LogP contribution in [0.25, 0.3) is 0 Å². The number of ether oxygens (including phenoxy) is 3. The van der Waals surface area contributed by atoms with Crippen molar-refractivity contribution < 1.29 is 19.0 Å². The van der Waals surface area contributed by atoms with Crippen LogP contribution in [0.3, 0.4) is 0 Å². The van der Waals surface area contributed by atoms with Crippen molar-refractivity contribution in [2.75, 3.05) is 27.9 Å². The van der Waals surface area contributed by atoms with Crippen LogP contribution >= 0.6 is 0 Å². The lowest BCUT2D eigenvalue weighted by molar-refractivity contribution is -0.120. The topological polar surface area (TPSA) is 82.8 Å². The van der Waals surface area contributed by atoms with Crippen molar-refractivity contribution in [3.05, 3.63) is 17.7 Å². The SMILES string of the molecule is COc1cc(CC(=O)NCCC(C)N)cc(OC)c1OC. The summed E-state index contributed by atoms with van der Waals surface area (Å²) in [5.41, 5.74) is 6.43. The van der Waals surface area contributed by atoms with Crippen LogP contribution in [-0.4, -0.2) is 39.8 Å². The number of nitrogens with two attached hydrogens (primary N) is 1. The van der Waals surface area contributed by atoms with E-state index in [0.29, 0.717) is 23.8 Å². The van der Waals surface area contributed by atoms with Crippen molar-refractivity contribution in [2.24, 2.45) is 5.73 Å². The Morgan fingerprint density at radius 1 is 1.19 bits per heavy atom. The summed E-state index contributed by atoms with van der Waals surface area (Å²) < 4.78 is 15.8. The van der Waals surface area contributed by atoms with Gasteiger partial charge >= 0.3 is 0 Å². The number of amides is 1. The van der Waals surface area contributed by atoms with Crippen LogP contribution in [0.4, 0.5) is 0 Å². The summed E-state index contributed by atoms with van der Waals surface area (Å²) in [4.78, 5) is 11.9. The number of methoxy groups -OCH3 is 3. The molecular formula is C15H24N2O4. The first-order valence-electron chi connectivity index (χ1n) is 6.83. The number of carbonyl (C=O) groups excluding carboxylic acids is 1. The van der Waals surface area contributed by atoms with E-state index in [-0.39, 0.29) is 18.4 Å². The molecule has 1 aromatic rings. The van der Waals surface area contributed by atoms with Gasteiger partial charge in [0.05, 0.1) is 27.8 Å². The molecule has 0 spiro atoms. The van der Waals surface area contributed by atoms with Gasteiger partial charge in [-0.25, -0.2) is 0 Å². The second-order valence-electron chi connectivity index (χ2n) is 4.83. The van der Waals surface area contributed by atoms with E-state index in [0.717, 1.165) is 12.0 Å². The van der Waals surface area contributed by atoms with Crippen molar-refractivity contribution in [2.45, 2.75) is 25.8 Å². The molecule has 1 unspecified atom stereocenters. The van der Waals surface area contributed by atoms with E-state index in [1.54, 1.807) is 33.5 Å². The maximum atomic E-state index is 11.9. The third-order valence-electron chi connectivity index (χ3n) is 3.01. The molecule has 21 heavy (non-hydrogen) atoms. The largest absolute Gasteiger partial charge is 0.493 e. The van der Waals surface area contributed by atoms with E-state index in [1.807, 2.05) is 6.92 Å². The van der Waals surface area contributed by atoms with Gasteiger partial charge in [0.15, 0.2) is 11.5 Å². The zero-order chi connectivity index (χ0) is 15.8. The predicted octanol–water partition coefficient (Wildman–Crippen LogP) is 1.11. The van der Waals surface area contributed by atoms with Crippen molar-refractivity contribution >= 4 is 5.91 Å². The number of nitrogens with one attached hydrogen (secondary N) is 1. The molecule has 3 N–H and O–H groups in total. The minimum atomic E-state index is -0.0649. The van der Waals surface area contributed by atoms with E-state index >= 15 is 0 Å². The van der Waals surface area contributed by atoms with E-state index in [2.05, 4.69) is 5.32 Å². The summed E-state index contributed by atoms with van der Waals surface area (Å²) >= 11 is 0. The fourth-order valence-corrected chi connectivity index (χ4v) is 1.92. The van der Waals surface area contributed by atoms with Crippen molar-refractivity contribution in [3.63, 3.8) is 0 Å². The van der Waals surface area contributed by atoms with Gasteiger partial charge in [0.2, 0.25) is 11.7 Å². The van der Waals surface area contributed by atoms with Crippen LogP contribution in [0.2, 0.25) is 0 Å². The Morgan fingerprint density at radius 3 is 2.19 bits per heavy atom. The summed E-state index contributed by atoms with van der Waals surface area (Å²) in [5.74, 6) is 1.52. The molecule has 0 saturated carbocycles. The third-order valence-corrected chi connectivity index (χ3v) is 3.01. The molecule has 1 rings (SSSR count). The van der Waals surface area contributed by atoms with Gasteiger partial charge in [-0.15, -0.1) is 0 Å². The Hall–Kier alpha value is -1.95. The number of hydrogen-bond donors (Lipinski definition) is 2. The molecule has 0 aliphatic heterocycles. The third kappa shape index (κ3) is 5.15. The molecular weight excluding hydrogens is 272 g/mol. The van der Waals surface area contributed by atoms with Gasteiger partial charge in [-0.2, -0.15) is 0 Å². The summed E-state index contributed by atoms with van der Waals surface area (Å²) in [6, 6.07) is 3.62. The Balaban J connectivity index is 2.77. The highest BCUT2D eigenvalue weighted by Crippen LogP contribution is 2.38. The molecule has 0 heterocycles. The lowest BCUT2D eigenvalue weighted by atomic mass is 10.1. The number of hydrogen-bond acceptors (Lipinski definition) is 5. The standard InChI is InChI=1S/C15H24N2O4/c1-10(16)5-6-17-14(18)9-11-7-12(19-2)15(21-4)13(8-11)20-3/h7-8,10H,5-6,9,16H2,1-4H3,(H,17,18). The Bertz CT molecular complexity index is 450. The highest BCUT2D eigenvalue weighted by molar-refractivity contribution is 5.79. The Kier molecular flexibility index (Phi) is 6.81. The fraction of sp³-hybridized carbons (Fsp3) is 0.533. The summed E-state index contributed by atoms with van der Waals surface area (Å²) in [6.07, 6.45) is 0.997. The Labute approximate surface area is 125 Å². The Morgan fingerprint density at radius 2 is 1.76 bits per heavy atom. The van der Waals surface area contributed by atoms with Gasteiger partial charge in [0.25, 0.3) is 0 Å². The predicted molar refractivity (Wildman–Crippen MR) is 81.1 cm³/mol. The lowest BCUT2D eigenvalue weighted by Crippen LogP contribution is -2.30. The monoisotopic (exact) mass is 296 g/mol. The molecule has 6 heteroatoms. The molecule has 0 saturated heterocycles. The first-order valence-corrected chi connectivity index (χ1v) is 6.83. The van der Waals surface area contributed by atoms with Crippen LogP contribution in [0.15, 0.2) is 12.1 Å². The molecule has 0 aromatic heterocycles. The van der Waals surface area contributed by atoms with E-state index < -0.39 is 0 Å². The van der Waals surface area contributed by atoms with E-state index in [1.165, 1.54) is 0 Å². The first kappa shape index (κ1) is 17.1. The van der Waals surface area contributed by atoms with Crippen molar-refractivity contribution in [1.82, 2.24) is 5.32 Å². The minimum Gasteiger partial charge on any atom is -0.493 e. The van der Waals surface area contributed by atoms with Gasteiger partial charge in [-0.05, 0) is 31.0 Å².